The predicted octanol–water partition coefficient (Wildman–Crippen LogP) is 2.93. The Labute approximate surface area is 161 Å². The van der Waals surface area contributed by atoms with Crippen LogP contribution in [0.1, 0.15) is 12.0 Å². The zero-order valence-electron chi connectivity index (χ0n) is 13.2. The number of Topliss-reactive ketones (excluding diaryl/α,β-unsaturated/α-hetero) is 1. The number of methoxy groups -OCH3 is 1. The van der Waals surface area contributed by atoms with Gasteiger partial charge in [0.05, 0.1) is 18.0 Å². The summed E-state index contributed by atoms with van der Waals surface area (Å²) in [4.78, 5) is 30.3. The summed E-state index contributed by atoms with van der Waals surface area (Å²) in [5.41, 5.74) is -0.196. The summed E-state index contributed by atoms with van der Waals surface area (Å²) < 4.78 is 5.97. The molecule has 0 saturated heterocycles. The number of hydrogen-bond acceptors (Lipinski definition) is 5. The number of nitrogens with zero attached hydrogens (tertiary/aromatic N) is 1. The van der Waals surface area contributed by atoms with Crippen LogP contribution < -0.4 is 5.32 Å². The number of oxime groups is 1. The smallest absolute Gasteiger partial charge is 0.269 e. The van der Waals surface area contributed by atoms with Crippen molar-refractivity contribution in [3.8, 4) is 0 Å². The number of carbonyl (C=O) groups excluding carboxylic acids is 2. The number of hydrogen-bond donors (Lipinski definition) is 1. The number of halogens is 2. The van der Waals surface area contributed by atoms with Gasteiger partial charge in [-0.2, -0.15) is 0 Å². The second-order valence-corrected chi connectivity index (χ2v) is 7.18. The van der Waals surface area contributed by atoms with Gasteiger partial charge >= 0.3 is 0 Å². The zero-order valence-corrected chi connectivity index (χ0v) is 16.4. The molecule has 25 heavy (non-hydrogen) atoms. The normalized spacial score (nSPS) is 22.4. The highest BCUT2D eigenvalue weighted by Crippen LogP contribution is 2.41. The van der Waals surface area contributed by atoms with Crippen LogP contribution in [0.15, 0.2) is 56.3 Å². The Morgan fingerprint density at radius 2 is 2.08 bits per heavy atom. The van der Waals surface area contributed by atoms with E-state index >= 15 is 0 Å². The molecular weight excluding hydrogens is 456 g/mol. The third kappa shape index (κ3) is 3.41. The van der Waals surface area contributed by atoms with Gasteiger partial charge in [-0.05, 0) is 43.5 Å². The molecule has 3 rings (SSSR count). The van der Waals surface area contributed by atoms with Crippen LogP contribution in [-0.4, -0.2) is 30.1 Å². The summed E-state index contributed by atoms with van der Waals surface area (Å²) in [7, 11) is 1.46. The van der Waals surface area contributed by atoms with Gasteiger partial charge in [0.25, 0.3) is 5.91 Å². The Hall–Kier alpha value is -1.93. The van der Waals surface area contributed by atoms with Crippen molar-refractivity contribution < 1.29 is 19.2 Å². The summed E-state index contributed by atoms with van der Waals surface area (Å²) in [6, 6.07) is 9.52. The molecule has 1 spiro atoms. The van der Waals surface area contributed by atoms with E-state index in [2.05, 4.69) is 42.3 Å². The quantitative estimate of drug-likeness (QED) is 0.735. The van der Waals surface area contributed by atoms with Crippen LogP contribution in [-0.2, 0) is 25.7 Å². The van der Waals surface area contributed by atoms with Gasteiger partial charge in [0, 0.05) is 6.54 Å². The predicted molar refractivity (Wildman–Crippen MR) is 99.1 cm³/mol. The molecular formula is C17H14Br2N2O4. The molecule has 1 N–H and O–H groups in total. The molecule has 0 unspecified atom stereocenters. The van der Waals surface area contributed by atoms with E-state index in [0.717, 1.165) is 5.56 Å². The maximum Gasteiger partial charge on any atom is 0.269 e. The lowest BCUT2D eigenvalue weighted by atomic mass is 9.88. The van der Waals surface area contributed by atoms with Crippen LogP contribution >= 0.6 is 31.9 Å². The lowest BCUT2D eigenvalue weighted by molar-refractivity contribution is -0.131. The third-order valence-corrected chi connectivity index (χ3v) is 5.18. The largest absolute Gasteiger partial charge is 0.494 e. The van der Waals surface area contributed by atoms with Gasteiger partial charge in [-0.25, -0.2) is 0 Å². The molecule has 8 heteroatoms. The molecule has 1 aromatic rings. The van der Waals surface area contributed by atoms with Crippen LogP contribution in [0.5, 0.6) is 0 Å². The minimum Gasteiger partial charge on any atom is -0.494 e. The van der Waals surface area contributed by atoms with E-state index in [-0.39, 0.29) is 28.3 Å². The summed E-state index contributed by atoms with van der Waals surface area (Å²) in [5.74, 6) is -0.334. The lowest BCUT2D eigenvalue weighted by Gasteiger charge is -2.26. The van der Waals surface area contributed by atoms with Crippen LogP contribution in [0.2, 0.25) is 0 Å². The second kappa shape index (κ2) is 7.13. The fraction of sp³-hybridized carbons (Fsp3) is 0.235. The van der Waals surface area contributed by atoms with E-state index in [4.69, 9.17) is 9.57 Å². The molecule has 0 fully saturated rings. The van der Waals surface area contributed by atoms with Gasteiger partial charge in [-0.15, -0.1) is 0 Å². The standard InChI is InChI=1S/C17H14Br2N2O4/c1-24-14-11(18)7-17(15(22)13(14)19)8-12(21-25-17)16(23)20-9-10-5-3-2-4-6-10/h2-7H,8-9H2,1H3,(H,20,23)/t17-/m0/s1. The Bertz CT molecular complexity index is 817. The van der Waals surface area contributed by atoms with Gasteiger partial charge in [-0.1, -0.05) is 35.5 Å². The first-order chi connectivity index (χ1) is 12.0. The van der Waals surface area contributed by atoms with E-state index in [1.165, 1.54) is 7.11 Å². The minimum absolute atomic E-state index is 0.0493. The number of amides is 1. The topological polar surface area (TPSA) is 77.0 Å². The summed E-state index contributed by atoms with van der Waals surface area (Å²) in [6.45, 7) is 0.372. The first-order valence-electron chi connectivity index (χ1n) is 7.41. The van der Waals surface area contributed by atoms with Crippen LogP contribution in [0.4, 0.5) is 0 Å². The van der Waals surface area contributed by atoms with Crippen LogP contribution in [0.25, 0.3) is 0 Å². The Morgan fingerprint density at radius 3 is 2.76 bits per heavy atom. The van der Waals surface area contributed by atoms with Crippen molar-refractivity contribution in [2.75, 3.05) is 7.11 Å². The van der Waals surface area contributed by atoms with E-state index < -0.39 is 5.60 Å². The van der Waals surface area contributed by atoms with Crippen molar-refractivity contribution in [2.45, 2.75) is 18.6 Å². The van der Waals surface area contributed by atoms with Gasteiger partial charge in [0.1, 0.15) is 10.2 Å². The van der Waals surface area contributed by atoms with Crippen LogP contribution in [0.3, 0.4) is 0 Å². The zero-order chi connectivity index (χ0) is 18.0. The first-order valence-corrected chi connectivity index (χ1v) is 9.00. The molecule has 130 valence electrons. The molecule has 1 amide bonds. The number of ketones is 1. The first kappa shape index (κ1) is 17.9. The number of ether oxygens (including phenoxy) is 1. The van der Waals surface area contributed by atoms with E-state index in [9.17, 15) is 9.59 Å². The Morgan fingerprint density at radius 1 is 1.36 bits per heavy atom. The fourth-order valence-electron chi connectivity index (χ4n) is 2.57. The molecule has 0 saturated carbocycles. The van der Waals surface area contributed by atoms with Gasteiger partial charge < -0.3 is 14.9 Å². The Balaban J connectivity index is 1.70. The number of allylic oxidation sites excluding steroid dienone is 1. The van der Waals surface area contributed by atoms with Gasteiger partial charge in [0.2, 0.25) is 11.4 Å². The van der Waals surface area contributed by atoms with Gasteiger partial charge in [-0.3, -0.25) is 9.59 Å². The maximum absolute atomic E-state index is 12.6. The fourth-order valence-corrected chi connectivity index (χ4v) is 4.27. The summed E-state index contributed by atoms with van der Waals surface area (Å²) in [5, 5.41) is 6.61. The summed E-state index contributed by atoms with van der Waals surface area (Å²) >= 11 is 6.58. The van der Waals surface area contributed by atoms with E-state index in [0.29, 0.717) is 16.8 Å². The van der Waals surface area contributed by atoms with Crippen molar-refractivity contribution in [3.63, 3.8) is 0 Å². The monoisotopic (exact) mass is 468 g/mol. The van der Waals surface area contributed by atoms with Crippen molar-refractivity contribution in [3.05, 3.63) is 56.7 Å². The van der Waals surface area contributed by atoms with E-state index in [1.54, 1.807) is 6.08 Å². The average Bonchev–Trinajstić information content (AvgIpc) is 3.04. The molecule has 1 aliphatic carbocycles. The molecule has 6 nitrogen and oxygen atoms in total. The summed E-state index contributed by atoms with van der Waals surface area (Å²) in [6.07, 6.45) is 1.62. The molecule has 1 aromatic carbocycles. The van der Waals surface area contributed by atoms with Gasteiger partial charge in [0.15, 0.2) is 5.76 Å². The highest BCUT2D eigenvalue weighted by Gasteiger charge is 2.50. The second-order valence-electron chi connectivity index (χ2n) is 5.53. The maximum atomic E-state index is 12.6. The van der Waals surface area contributed by atoms with Crippen molar-refractivity contribution in [2.24, 2.45) is 5.16 Å². The number of rotatable bonds is 4. The highest BCUT2D eigenvalue weighted by molar-refractivity contribution is 9.12. The third-order valence-electron chi connectivity index (χ3n) is 3.87. The SMILES string of the molecule is COC1=C(Br)C(=O)[C@]2(C=C1Br)CC(C(=O)NCc1ccccc1)=NO2. The highest BCUT2D eigenvalue weighted by atomic mass is 79.9. The number of nitrogens with one attached hydrogen (secondary N) is 1. The van der Waals surface area contributed by atoms with Crippen molar-refractivity contribution in [1.29, 1.82) is 0 Å². The van der Waals surface area contributed by atoms with Crippen LogP contribution in [0, 0.1) is 0 Å². The van der Waals surface area contributed by atoms with E-state index in [1.807, 2.05) is 30.3 Å². The molecule has 2 aliphatic rings. The molecule has 0 radical (unpaired) electrons. The minimum atomic E-state index is -1.33. The molecule has 0 aromatic heterocycles. The van der Waals surface area contributed by atoms with Crippen molar-refractivity contribution >= 4 is 49.3 Å². The lowest BCUT2D eigenvalue weighted by Crippen LogP contribution is -2.41. The average molecular weight is 470 g/mol. The molecule has 0 bridgehead atoms. The Kier molecular flexibility index (Phi) is 5.10. The number of benzene rings is 1. The molecule has 1 aliphatic heterocycles. The number of carbonyl (C=O) groups is 2. The van der Waals surface area contributed by atoms with Crippen molar-refractivity contribution in [1.82, 2.24) is 5.32 Å². The molecule has 1 heterocycles. The molecule has 1 atom stereocenters.